The first kappa shape index (κ1) is 45.4. The van der Waals surface area contributed by atoms with Crippen molar-refractivity contribution >= 4 is 58.6 Å². The van der Waals surface area contributed by atoms with Gasteiger partial charge in [-0.1, -0.05) is 36.5 Å². The van der Waals surface area contributed by atoms with Gasteiger partial charge in [-0.15, -0.1) is 0 Å². The molecule has 0 saturated carbocycles. The molecule has 4 heterocycles. The van der Waals surface area contributed by atoms with Crippen LogP contribution in [0.5, 0.6) is 0 Å². The fraction of sp³-hybridized carbons (Fsp3) is 0.111. The number of carbonyl (C=O) groups is 3. The SMILES string of the molecule is CC(=O)[O-].CC(=O)[O-].CC(=O)[O-].[Cu+2].[Cu+2].[N-]=C=S.c1ccc(Nc2ccccn2)nc1.c1ccc(Nc2ccccn2)nc1. The van der Waals surface area contributed by atoms with E-state index in [9.17, 15) is 0 Å². The van der Waals surface area contributed by atoms with E-state index in [1.807, 2.05) is 72.8 Å². The average Bonchev–Trinajstić information content (AvgIpc) is 2.91. The van der Waals surface area contributed by atoms with Crippen LogP contribution in [-0.4, -0.2) is 43.0 Å². The summed E-state index contributed by atoms with van der Waals surface area (Å²) in [6, 6.07) is 22.8. The van der Waals surface area contributed by atoms with Gasteiger partial charge in [0.05, 0.1) is 0 Å². The minimum absolute atomic E-state index is 0. The van der Waals surface area contributed by atoms with Crippen LogP contribution in [0.1, 0.15) is 20.8 Å². The summed E-state index contributed by atoms with van der Waals surface area (Å²) in [5, 5.41) is 41.3. The molecule has 0 aromatic carbocycles. The number of rotatable bonds is 4. The molecule has 0 unspecified atom stereocenters. The van der Waals surface area contributed by atoms with Crippen molar-refractivity contribution < 1.29 is 63.8 Å². The van der Waals surface area contributed by atoms with Crippen molar-refractivity contribution in [1.29, 1.82) is 0 Å². The van der Waals surface area contributed by atoms with Gasteiger partial charge in [-0.25, -0.2) is 19.9 Å². The predicted molar refractivity (Wildman–Crippen MR) is 152 cm³/mol. The third kappa shape index (κ3) is 37.4. The second-order valence-corrected chi connectivity index (χ2v) is 6.86. The zero-order chi connectivity index (χ0) is 31.3. The van der Waals surface area contributed by atoms with Gasteiger partial charge < -0.3 is 45.7 Å². The molecule has 0 saturated heterocycles. The van der Waals surface area contributed by atoms with Crippen molar-refractivity contribution in [2.24, 2.45) is 0 Å². The molecule has 0 aliphatic carbocycles. The van der Waals surface area contributed by atoms with Crippen LogP contribution in [-0.2, 0) is 48.5 Å². The fourth-order valence-corrected chi connectivity index (χ4v) is 2.01. The number of nitrogens with one attached hydrogen (secondary N) is 2. The maximum atomic E-state index is 8.89. The van der Waals surface area contributed by atoms with E-state index in [0.29, 0.717) is 0 Å². The van der Waals surface area contributed by atoms with Crippen LogP contribution in [0.3, 0.4) is 0 Å². The fourth-order valence-electron chi connectivity index (χ4n) is 2.01. The summed E-state index contributed by atoms with van der Waals surface area (Å²) in [6.07, 6.45) is 6.97. The number of anilines is 4. The topological polar surface area (TPSA) is 218 Å². The van der Waals surface area contributed by atoms with Gasteiger partial charge in [-0.2, -0.15) is 5.16 Å². The Kier molecular flexibility index (Phi) is 33.8. The third-order valence-electron chi connectivity index (χ3n) is 3.17. The van der Waals surface area contributed by atoms with Gasteiger partial charge in [0.1, 0.15) is 23.3 Å². The summed E-state index contributed by atoms with van der Waals surface area (Å²) >= 11 is 3.70. The minimum atomic E-state index is -1.08. The van der Waals surface area contributed by atoms with Gasteiger partial charge in [0.15, 0.2) is 0 Å². The van der Waals surface area contributed by atoms with E-state index in [-0.39, 0.29) is 34.1 Å². The van der Waals surface area contributed by atoms with E-state index in [0.717, 1.165) is 44.0 Å². The molecule has 0 bridgehead atoms. The molecule has 4 aromatic rings. The third-order valence-corrected chi connectivity index (χ3v) is 3.17. The maximum Gasteiger partial charge on any atom is 2.00 e. The van der Waals surface area contributed by atoms with Gasteiger partial charge in [0.25, 0.3) is 0 Å². The second-order valence-electron chi connectivity index (χ2n) is 6.68. The Bertz CT molecular complexity index is 1080. The molecule has 4 rings (SSSR count). The van der Waals surface area contributed by atoms with Crippen molar-refractivity contribution in [3.63, 3.8) is 0 Å². The van der Waals surface area contributed by atoms with Gasteiger partial charge in [0.2, 0.25) is 0 Å². The Morgan fingerprint density at radius 3 is 0.860 bits per heavy atom. The van der Waals surface area contributed by atoms with Crippen LogP contribution in [0.25, 0.3) is 5.41 Å². The number of hydrogen-bond acceptors (Lipinski definition) is 13. The molecule has 0 spiro atoms. The van der Waals surface area contributed by atoms with Crippen molar-refractivity contribution in [1.82, 2.24) is 19.9 Å². The zero-order valence-corrected chi connectivity index (χ0v) is 25.6. The number of aliphatic carboxylic acids is 3. The first-order chi connectivity index (χ1) is 19.5. The number of isothiocyanates is 1. The van der Waals surface area contributed by atoms with E-state index in [1.165, 1.54) is 5.16 Å². The predicted octanol–water partition coefficient (Wildman–Crippen LogP) is 1.36. The zero-order valence-electron chi connectivity index (χ0n) is 22.9. The van der Waals surface area contributed by atoms with Gasteiger partial charge in [-0.3, -0.25) is 0 Å². The van der Waals surface area contributed by atoms with Crippen LogP contribution in [0.4, 0.5) is 23.3 Å². The van der Waals surface area contributed by atoms with Crippen LogP contribution in [0.15, 0.2) is 97.6 Å². The normalized spacial score (nSPS) is 7.70. The first-order valence-electron chi connectivity index (χ1n) is 11.2. The first-order valence-corrected chi connectivity index (χ1v) is 11.6. The molecule has 43 heavy (non-hydrogen) atoms. The van der Waals surface area contributed by atoms with Crippen molar-refractivity contribution in [2.45, 2.75) is 20.8 Å². The van der Waals surface area contributed by atoms with Gasteiger partial charge >= 0.3 is 34.1 Å². The summed E-state index contributed by atoms with van der Waals surface area (Å²) in [6.45, 7) is 2.92. The number of hydrogen-bond donors (Lipinski definition) is 2. The van der Waals surface area contributed by atoms with Crippen molar-refractivity contribution in [2.75, 3.05) is 10.6 Å². The molecule has 16 heteroatoms. The molecule has 0 amide bonds. The number of aromatic nitrogens is 4. The summed E-state index contributed by atoms with van der Waals surface area (Å²) in [5.41, 5.74) is 0. The molecule has 2 N–H and O–H groups in total. The van der Waals surface area contributed by atoms with E-state index in [4.69, 9.17) is 35.1 Å². The van der Waals surface area contributed by atoms with Crippen LogP contribution in [0, 0.1) is 0 Å². The number of carboxylic acid groups (broad SMARTS) is 3. The summed E-state index contributed by atoms with van der Waals surface area (Å²) in [4.78, 5) is 43.2. The summed E-state index contributed by atoms with van der Waals surface area (Å²) in [5.74, 6) is -0.0233. The Morgan fingerprint density at radius 2 is 0.744 bits per heavy atom. The molecule has 2 radical (unpaired) electrons. The van der Waals surface area contributed by atoms with Crippen LogP contribution < -0.4 is 26.0 Å². The Hall–Kier alpha value is -4.55. The van der Waals surface area contributed by atoms with Crippen LogP contribution >= 0.6 is 12.2 Å². The molecular formula is C27H27Cu2N7O6S. The van der Waals surface area contributed by atoms with Crippen molar-refractivity contribution in [3.8, 4) is 0 Å². The van der Waals surface area contributed by atoms with Gasteiger partial charge in [0, 0.05) is 42.7 Å². The number of thiocarbonyl (C=S) groups is 1. The molecule has 0 aliphatic heterocycles. The molecule has 4 aromatic heterocycles. The Labute approximate surface area is 275 Å². The largest absolute Gasteiger partial charge is 2.00 e. The van der Waals surface area contributed by atoms with Gasteiger partial charge in [-0.05, 0) is 69.3 Å². The quantitative estimate of drug-likeness (QED) is 0.174. The molecule has 0 fully saturated rings. The summed E-state index contributed by atoms with van der Waals surface area (Å²) in [7, 11) is 0. The number of pyridine rings is 4. The standard InChI is InChI=1S/2C10H9N3.3C2H4O2.CNS.2Cu/c2*1-3-7-11-9(5-1)13-10-6-2-4-8-12-10;3*1-2(3)4;2-1-3;;/h2*1-8H,(H,11,12,13);3*1H3,(H,3,4);;;/q;;;;;-1;2*+2/p-3. The Balaban J connectivity index is -0.000000237. The molecule has 0 atom stereocenters. The molecule has 234 valence electrons. The van der Waals surface area contributed by atoms with E-state index in [2.05, 4.69) is 42.8 Å². The van der Waals surface area contributed by atoms with Crippen LogP contribution in [0.2, 0.25) is 0 Å². The average molecular weight is 705 g/mol. The monoisotopic (exact) mass is 703 g/mol. The molecule has 13 nitrogen and oxygen atoms in total. The maximum absolute atomic E-state index is 8.89. The molecule has 0 aliphatic rings. The second kappa shape index (κ2) is 32.0. The summed E-state index contributed by atoms with van der Waals surface area (Å²) < 4.78 is 0. The minimum Gasteiger partial charge on any atom is -0.753 e. The number of nitrogens with zero attached hydrogens (tertiary/aromatic N) is 5. The number of carboxylic acids is 3. The Morgan fingerprint density at radius 1 is 0.581 bits per heavy atom. The van der Waals surface area contributed by atoms with Crippen molar-refractivity contribution in [3.05, 3.63) is 103 Å². The molecular weight excluding hydrogens is 677 g/mol. The van der Waals surface area contributed by atoms with E-state index < -0.39 is 17.9 Å². The number of carbonyl (C=O) groups excluding carboxylic acids is 3. The van der Waals surface area contributed by atoms with E-state index in [1.54, 1.807) is 24.8 Å². The van der Waals surface area contributed by atoms with E-state index >= 15 is 0 Å². The smallest absolute Gasteiger partial charge is 0.753 e.